The SMILES string of the molecule is COC(=O)c1c(C)c(Cl)c(OCOCC[Si](C)(C)C)c(C/C=C(\C)CC/C=C(\C)C2C=C(OC(=O)C(C)(C)C)C(C)(C)O2)c1OCOCC[Si](C)(C)C. The van der Waals surface area contributed by atoms with Crippen LogP contribution in [0.2, 0.25) is 56.4 Å². The highest BCUT2D eigenvalue weighted by atomic mass is 35.5. The number of ether oxygens (including phenoxy) is 7. The maximum atomic E-state index is 13.2. The van der Waals surface area contributed by atoms with Crippen LogP contribution in [0, 0.1) is 12.3 Å². The Bertz CT molecular complexity index is 1510. The molecule has 0 aromatic heterocycles. The molecule has 300 valence electrons. The van der Waals surface area contributed by atoms with Crippen molar-refractivity contribution in [2.24, 2.45) is 5.41 Å². The zero-order valence-corrected chi connectivity index (χ0v) is 38.0. The number of hydrogen-bond donors (Lipinski definition) is 0. The van der Waals surface area contributed by atoms with E-state index in [9.17, 15) is 9.59 Å². The van der Waals surface area contributed by atoms with Gasteiger partial charge in [-0.05, 0) is 104 Å². The Hall–Kier alpha value is -2.42. The average Bonchev–Trinajstić information content (AvgIpc) is 3.33. The van der Waals surface area contributed by atoms with Crippen LogP contribution in [0.4, 0.5) is 0 Å². The molecule has 0 aliphatic carbocycles. The zero-order valence-electron chi connectivity index (χ0n) is 35.2. The van der Waals surface area contributed by atoms with Gasteiger partial charge >= 0.3 is 11.9 Å². The topological polar surface area (TPSA) is 98.8 Å². The van der Waals surface area contributed by atoms with Crippen molar-refractivity contribution in [2.45, 2.75) is 138 Å². The number of rotatable bonds is 20. The molecule has 53 heavy (non-hydrogen) atoms. The first kappa shape index (κ1) is 46.7. The van der Waals surface area contributed by atoms with Crippen LogP contribution in [-0.4, -0.2) is 73.7 Å². The van der Waals surface area contributed by atoms with E-state index in [1.165, 1.54) is 7.11 Å². The molecule has 0 saturated heterocycles. The number of esters is 2. The largest absolute Gasteiger partial charge is 0.466 e. The van der Waals surface area contributed by atoms with E-state index in [1.54, 1.807) is 6.92 Å². The van der Waals surface area contributed by atoms with Gasteiger partial charge in [-0.3, -0.25) is 4.79 Å². The molecule has 1 aliphatic heterocycles. The van der Waals surface area contributed by atoms with E-state index >= 15 is 0 Å². The Balaban J connectivity index is 2.36. The Morgan fingerprint density at radius 2 is 1.47 bits per heavy atom. The molecule has 1 aliphatic rings. The first-order valence-corrected chi connectivity index (χ1v) is 26.5. The van der Waals surface area contributed by atoms with Gasteiger partial charge in [0.15, 0.2) is 13.6 Å². The molecule has 0 saturated carbocycles. The Morgan fingerprint density at radius 3 is 1.98 bits per heavy atom. The van der Waals surface area contributed by atoms with E-state index in [1.807, 2.05) is 47.6 Å². The molecule has 2 rings (SSSR count). The van der Waals surface area contributed by atoms with Crippen molar-refractivity contribution in [3.8, 4) is 11.5 Å². The molecule has 9 nitrogen and oxygen atoms in total. The molecular weight excluding hydrogens is 728 g/mol. The van der Waals surface area contributed by atoms with Gasteiger partial charge in [0.05, 0.1) is 17.5 Å². The molecule has 0 radical (unpaired) electrons. The van der Waals surface area contributed by atoms with Crippen molar-refractivity contribution >= 4 is 39.7 Å². The van der Waals surface area contributed by atoms with Gasteiger partial charge in [0.25, 0.3) is 0 Å². The molecule has 1 heterocycles. The van der Waals surface area contributed by atoms with E-state index < -0.39 is 33.1 Å². The maximum Gasteiger partial charge on any atom is 0.341 e. The molecule has 1 aromatic rings. The molecule has 0 fully saturated rings. The number of carbonyl (C=O) groups is 2. The van der Waals surface area contributed by atoms with E-state index in [0.717, 1.165) is 36.1 Å². The molecule has 0 bridgehead atoms. The highest BCUT2D eigenvalue weighted by molar-refractivity contribution is 6.76. The van der Waals surface area contributed by atoms with Gasteiger partial charge in [-0.2, -0.15) is 0 Å². The number of hydrogen-bond acceptors (Lipinski definition) is 9. The van der Waals surface area contributed by atoms with Gasteiger partial charge in [-0.15, -0.1) is 0 Å². The summed E-state index contributed by atoms with van der Waals surface area (Å²) in [6.45, 7) is 30.1. The minimum atomic E-state index is -1.31. The van der Waals surface area contributed by atoms with Crippen LogP contribution >= 0.6 is 11.6 Å². The lowest BCUT2D eigenvalue weighted by atomic mass is 9.97. The van der Waals surface area contributed by atoms with Crippen LogP contribution in [-0.2, 0) is 34.9 Å². The quantitative estimate of drug-likeness (QED) is 0.0420. The highest BCUT2D eigenvalue weighted by Gasteiger charge is 2.39. The van der Waals surface area contributed by atoms with Gasteiger partial charge < -0.3 is 33.2 Å². The fourth-order valence-corrected chi connectivity index (χ4v) is 6.94. The summed E-state index contributed by atoms with van der Waals surface area (Å²) in [7, 11) is -1.25. The summed E-state index contributed by atoms with van der Waals surface area (Å²) in [4.78, 5) is 25.7. The highest BCUT2D eigenvalue weighted by Crippen LogP contribution is 2.43. The lowest BCUT2D eigenvalue weighted by Gasteiger charge is -2.25. The van der Waals surface area contributed by atoms with E-state index in [4.69, 9.17) is 44.8 Å². The molecule has 1 unspecified atom stereocenters. The third-order valence-corrected chi connectivity index (χ3v) is 12.7. The van der Waals surface area contributed by atoms with Gasteiger partial charge in [-0.1, -0.05) is 68.6 Å². The molecule has 1 aromatic carbocycles. The number of benzene rings is 1. The minimum Gasteiger partial charge on any atom is -0.466 e. The van der Waals surface area contributed by atoms with Crippen LogP contribution in [0.25, 0.3) is 0 Å². The fourth-order valence-electron chi connectivity index (χ4n) is 5.16. The second-order valence-corrected chi connectivity index (χ2v) is 29.5. The summed E-state index contributed by atoms with van der Waals surface area (Å²) >= 11 is 6.94. The smallest absolute Gasteiger partial charge is 0.341 e. The molecular formula is C41H67ClO9Si2. The second kappa shape index (κ2) is 20.0. The van der Waals surface area contributed by atoms with Crippen LogP contribution in [0.1, 0.15) is 82.8 Å². The Labute approximate surface area is 326 Å². The van der Waals surface area contributed by atoms with E-state index in [2.05, 4.69) is 58.4 Å². The normalized spacial score (nSPS) is 16.8. The summed E-state index contributed by atoms with van der Waals surface area (Å²) in [5, 5.41) is 0.311. The van der Waals surface area contributed by atoms with Crippen LogP contribution in [0.15, 0.2) is 35.1 Å². The number of carbonyl (C=O) groups excluding carboxylic acids is 2. The molecule has 12 heteroatoms. The van der Waals surface area contributed by atoms with Gasteiger partial charge in [-0.25, -0.2) is 4.79 Å². The summed E-state index contributed by atoms with van der Waals surface area (Å²) in [5.74, 6) is 0.443. The Kier molecular flexibility index (Phi) is 17.6. The monoisotopic (exact) mass is 794 g/mol. The van der Waals surface area contributed by atoms with Gasteiger partial charge in [0.1, 0.15) is 34.5 Å². The predicted molar refractivity (Wildman–Crippen MR) is 220 cm³/mol. The summed E-state index contributed by atoms with van der Waals surface area (Å²) in [6.07, 6.45) is 7.79. The standard InChI is InChI=1S/C41H67ClO9Si2/c1-28(17-16-18-29(2)32-25-33(41(7,8)51-32)50-39(44)40(4,5)6)19-20-31-36(48-26-46-21-23-52(10,11)12)34(38(43)45-9)30(3)35(42)37(31)49-27-47-22-24-53(13,14)15/h18-19,25,32H,16-17,20-24,26-27H2,1-15H3/b28-19+,29-18+. The number of methoxy groups -OCH3 is 1. The van der Waals surface area contributed by atoms with Crippen LogP contribution in [0.3, 0.4) is 0 Å². The van der Waals surface area contributed by atoms with Crippen molar-refractivity contribution in [1.29, 1.82) is 0 Å². The number of halogens is 1. The fraction of sp³-hybridized carbons (Fsp3) is 0.659. The molecule has 0 amide bonds. The van der Waals surface area contributed by atoms with E-state index in [0.29, 0.717) is 53.0 Å². The first-order valence-electron chi connectivity index (χ1n) is 18.7. The van der Waals surface area contributed by atoms with Crippen LogP contribution in [0.5, 0.6) is 11.5 Å². The third-order valence-electron chi connectivity index (χ3n) is 8.88. The molecule has 0 spiro atoms. The van der Waals surface area contributed by atoms with Crippen molar-refractivity contribution in [2.75, 3.05) is 33.9 Å². The summed E-state index contributed by atoms with van der Waals surface area (Å²) < 4.78 is 41.4. The maximum absolute atomic E-state index is 13.2. The third kappa shape index (κ3) is 15.3. The summed E-state index contributed by atoms with van der Waals surface area (Å²) in [5.41, 5.74) is 2.21. The Morgan fingerprint density at radius 1 is 0.925 bits per heavy atom. The van der Waals surface area contributed by atoms with Crippen LogP contribution < -0.4 is 9.47 Å². The molecule has 1 atom stereocenters. The summed E-state index contributed by atoms with van der Waals surface area (Å²) in [6, 6.07) is 1.99. The minimum absolute atomic E-state index is 0.0126. The lowest BCUT2D eigenvalue weighted by molar-refractivity contribution is -0.151. The average molecular weight is 796 g/mol. The van der Waals surface area contributed by atoms with Crippen molar-refractivity contribution in [3.05, 3.63) is 56.8 Å². The van der Waals surface area contributed by atoms with Crippen molar-refractivity contribution in [1.82, 2.24) is 0 Å². The van der Waals surface area contributed by atoms with Gasteiger partial charge in [0.2, 0.25) is 0 Å². The second-order valence-electron chi connectivity index (χ2n) is 17.9. The molecule has 0 N–H and O–H groups in total. The van der Waals surface area contributed by atoms with E-state index in [-0.39, 0.29) is 31.2 Å². The predicted octanol–water partition coefficient (Wildman–Crippen LogP) is 10.7. The lowest BCUT2D eigenvalue weighted by Crippen LogP contribution is -2.30. The first-order chi connectivity index (χ1) is 24.4. The van der Waals surface area contributed by atoms with Crippen molar-refractivity contribution < 1.29 is 42.7 Å². The van der Waals surface area contributed by atoms with Gasteiger partial charge in [0, 0.05) is 34.9 Å². The van der Waals surface area contributed by atoms with Crippen molar-refractivity contribution in [3.63, 3.8) is 0 Å². The zero-order chi connectivity index (χ0) is 40.4. The number of allylic oxidation sites excluding steroid dienone is 3.